The van der Waals surface area contributed by atoms with E-state index in [2.05, 4.69) is 15.4 Å². The summed E-state index contributed by atoms with van der Waals surface area (Å²) in [7, 11) is 1.54. The molecule has 0 aliphatic heterocycles. The van der Waals surface area contributed by atoms with Crippen LogP contribution in [0.5, 0.6) is 11.5 Å². The van der Waals surface area contributed by atoms with Gasteiger partial charge in [0.1, 0.15) is 11.5 Å². The van der Waals surface area contributed by atoms with E-state index in [-0.39, 0.29) is 35.6 Å². The number of carbonyl (C=O) groups is 3. The van der Waals surface area contributed by atoms with Crippen LogP contribution < -0.4 is 25.8 Å². The van der Waals surface area contributed by atoms with Crippen molar-refractivity contribution in [1.82, 2.24) is 15.5 Å². The number of hydrogen-bond acceptors (Lipinski definition) is 7. The smallest absolute Gasteiger partial charge is 0.497 e. The Morgan fingerprint density at radius 2 is 1.49 bits per heavy atom. The Bertz CT molecular complexity index is 1510. The van der Waals surface area contributed by atoms with E-state index in [0.29, 0.717) is 43.8 Å². The molecule has 0 fully saturated rings. The second-order valence-electron chi connectivity index (χ2n) is 11.0. The van der Waals surface area contributed by atoms with Gasteiger partial charge >= 0.3 is 6.36 Å². The molecule has 0 saturated carbocycles. The number of alkyl halides is 3. The maximum Gasteiger partial charge on any atom is 0.573 e. The molecular weight excluding hydrogens is 617 g/mol. The summed E-state index contributed by atoms with van der Waals surface area (Å²) >= 11 is 0. The number of nitrogens with zero attached hydrogens (tertiary/aromatic N) is 1. The minimum Gasteiger partial charge on any atom is -0.497 e. The predicted octanol–water partition coefficient (Wildman–Crippen LogP) is 4.45. The molecule has 254 valence electrons. The van der Waals surface area contributed by atoms with Crippen molar-refractivity contribution in [2.75, 3.05) is 26.7 Å². The van der Waals surface area contributed by atoms with Gasteiger partial charge in [-0.3, -0.25) is 14.4 Å². The van der Waals surface area contributed by atoms with Crippen molar-refractivity contribution in [2.45, 2.75) is 58.2 Å². The molecule has 0 aliphatic rings. The van der Waals surface area contributed by atoms with Crippen molar-refractivity contribution < 1.29 is 42.1 Å². The topological polar surface area (TPSA) is 143 Å². The van der Waals surface area contributed by atoms with Gasteiger partial charge in [0.25, 0.3) is 11.8 Å². The van der Waals surface area contributed by atoms with Gasteiger partial charge in [-0.25, -0.2) is 0 Å². The van der Waals surface area contributed by atoms with Gasteiger partial charge in [-0.2, -0.15) is 0 Å². The van der Waals surface area contributed by atoms with E-state index in [9.17, 15) is 32.7 Å². The standard InChI is InChI=1S/C34H41F3N4O6/c1-4-12-41(13-5-2)33(45)26-18-24(31(38)43)17-25(19-26)32(44)40-29(16-22-8-6-11-28(14-22)47-34(35,36)37)30(42)21-39-20-23-9-7-10-27(15-23)46-3/h6-11,14-15,17-19,29-30,39,42H,4-5,12-13,16,20-21H2,1-3H3,(H2,38,43)(H,40,44). The molecule has 5 N–H and O–H groups in total. The number of benzene rings is 3. The zero-order chi connectivity index (χ0) is 34.6. The molecule has 0 heterocycles. The van der Waals surface area contributed by atoms with Crippen molar-refractivity contribution in [3.63, 3.8) is 0 Å². The molecule has 3 aromatic rings. The van der Waals surface area contributed by atoms with Gasteiger partial charge in [-0.05, 0) is 72.9 Å². The zero-order valence-corrected chi connectivity index (χ0v) is 26.6. The SMILES string of the molecule is CCCN(CCC)C(=O)c1cc(C(N)=O)cc(C(=O)NC(Cc2cccc(OC(F)(F)F)c2)C(O)CNCc2cccc(OC)c2)c1. The van der Waals surface area contributed by atoms with Gasteiger partial charge in [0, 0.05) is 42.9 Å². The monoisotopic (exact) mass is 658 g/mol. The molecule has 2 atom stereocenters. The molecule has 0 aliphatic carbocycles. The van der Waals surface area contributed by atoms with Crippen LogP contribution in [0.2, 0.25) is 0 Å². The van der Waals surface area contributed by atoms with Crippen LogP contribution in [0, 0.1) is 0 Å². The highest BCUT2D eigenvalue weighted by molar-refractivity contribution is 6.04. The first-order valence-corrected chi connectivity index (χ1v) is 15.2. The lowest BCUT2D eigenvalue weighted by molar-refractivity contribution is -0.274. The number of methoxy groups -OCH3 is 1. The number of nitrogens with two attached hydrogens (primary N) is 1. The molecule has 10 nitrogen and oxygen atoms in total. The third kappa shape index (κ3) is 11.6. The Morgan fingerprint density at radius 1 is 0.894 bits per heavy atom. The molecule has 0 spiro atoms. The Labute approximate surface area is 272 Å². The number of hydrogen-bond donors (Lipinski definition) is 4. The van der Waals surface area contributed by atoms with Crippen LogP contribution in [0.3, 0.4) is 0 Å². The van der Waals surface area contributed by atoms with Crippen LogP contribution in [0.4, 0.5) is 13.2 Å². The van der Waals surface area contributed by atoms with Gasteiger partial charge < -0.3 is 35.8 Å². The average Bonchev–Trinajstić information content (AvgIpc) is 3.03. The number of ether oxygens (including phenoxy) is 2. The summed E-state index contributed by atoms with van der Waals surface area (Å²) in [4.78, 5) is 40.8. The van der Waals surface area contributed by atoms with Gasteiger partial charge in [0.15, 0.2) is 0 Å². The lowest BCUT2D eigenvalue weighted by Gasteiger charge is -2.26. The maximum absolute atomic E-state index is 13.6. The first-order chi connectivity index (χ1) is 22.3. The number of aliphatic hydroxyl groups is 1. The molecule has 2 unspecified atom stereocenters. The number of amides is 3. The predicted molar refractivity (Wildman–Crippen MR) is 170 cm³/mol. The molecule has 47 heavy (non-hydrogen) atoms. The van der Waals surface area contributed by atoms with E-state index in [1.54, 1.807) is 24.1 Å². The zero-order valence-electron chi connectivity index (χ0n) is 26.6. The molecule has 13 heteroatoms. The van der Waals surface area contributed by atoms with Crippen LogP contribution >= 0.6 is 0 Å². The highest BCUT2D eigenvalue weighted by Gasteiger charge is 2.31. The molecular formula is C34H41F3N4O6. The highest BCUT2D eigenvalue weighted by Crippen LogP contribution is 2.24. The van der Waals surface area contributed by atoms with E-state index >= 15 is 0 Å². The average molecular weight is 659 g/mol. The van der Waals surface area contributed by atoms with Gasteiger partial charge in [-0.1, -0.05) is 38.1 Å². The normalized spacial score (nSPS) is 12.6. The molecule has 3 rings (SSSR count). The second kappa shape index (κ2) is 17.3. The van der Waals surface area contributed by atoms with Crippen molar-refractivity contribution in [2.24, 2.45) is 5.73 Å². The van der Waals surface area contributed by atoms with E-state index in [1.807, 2.05) is 32.0 Å². The summed E-state index contributed by atoms with van der Waals surface area (Å²) in [5.74, 6) is -1.73. The molecule has 3 amide bonds. The first kappa shape index (κ1) is 36.8. The minimum absolute atomic E-state index is 0.00500. The third-order valence-corrected chi connectivity index (χ3v) is 7.19. The van der Waals surface area contributed by atoms with Crippen molar-refractivity contribution in [3.8, 4) is 11.5 Å². The van der Waals surface area contributed by atoms with E-state index in [0.717, 1.165) is 11.6 Å². The van der Waals surface area contributed by atoms with E-state index in [4.69, 9.17) is 10.5 Å². The number of nitrogens with one attached hydrogen (secondary N) is 2. The molecule has 0 aromatic heterocycles. The van der Waals surface area contributed by atoms with Crippen LogP contribution in [-0.2, 0) is 13.0 Å². The number of carbonyl (C=O) groups excluding carboxylic acids is 3. The largest absolute Gasteiger partial charge is 0.573 e. The summed E-state index contributed by atoms with van der Waals surface area (Å²) < 4.78 is 47.9. The number of rotatable bonds is 17. The summed E-state index contributed by atoms with van der Waals surface area (Å²) in [6.45, 7) is 5.15. The van der Waals surface area contributed by atoms with Crippen LogP contribution in [0.15, 0.2) is 66.7 Å². The fourth-order valence-corrected chi connectivity index (χ4v) is 5.01. The summed E-state index contributed by atoms with van der Waals surface area (Å²) in [5.41, 5.74) is 6.75. The van der Waals surface area contributed by atoms with Crippen molar-refractivity contribution in [3.05, 3.63) is 94.5 Å². The van der Waals surface area contributed by atoms with Crippen molar-refractivity contribution in [1.29, 1.82) is 0 Å². The van der Waals surface area contributed by atoms with Crippen LogP contribution in [-0.4, -0.2) is 73.0 Å². The summed E-state index contributed by atoms with van der Waals surface area (Å²) in [6.07, 6.45) is -4.79. The van der Waals surface area contributed by atoms with Gasteiger partial charge in [-0.15, -0.1) is 13.2 Å². The summed E-state index contributed by atoms with van der Waals surface area (Å²) in [6, 6.07) is 15.4. The van der Waals surface area contributed by atoms with Crippen LogP contribution in [0.25, 0.3) is 0 Å². The minimum atomic E-state index is -4.90. The molecule has 0 bridgehead atoms. The Balaban J connectivity index is 1.89. The lowest BCUT2D eigenvalue weighted by Crippen LogP contribution is -2.48. The van der Waals surface area contributed by atoms with Crippen LogP contribution in [0.1, 0.15) is 68.9 Å². The molecule has 3 aromatic carbocycles. The quantitative estimate of drug-likeness (QED) is 0.168. The summed E-state index contributed by atoms with van der Waals surface area (Å²) in [5, 5.41) is 17.1. The van der Waals surface area contributed by atoms with E-state index < -0.39 is 36.1 Å². The highest BCUT2D eigenvalue weighted by atomic mass is 19.4. The Morgan fingerprint density at radius 3 is 2.11 bits per heavy atom. The van der Waals surface area contributed by atoms with Gasteiger partial charge in [0.2, 0.25) is 5.91 Å². The fraction of sp³-hybridized carbons (Fsp3) is 0.382. The Kier molecular flexibility index (Phi) is 13.6. The van der Waals surface area contributed by atoms with Crippen molar-refractivity contribution >= 4 is 17.7 Å². The number of primary amides is 1. The molecule has 0 saturated heterocycles. The first-order valence-electron chi connectivity index (χ1n) is 15.2. The third-order valence-electron chi connectivity index (χ3n) is 7.19. The Hall–Kier alpha value is -4.62. The second-order valence-corrected chi connectivity index (χ2v) is 11.0. The molecule has 0 radical (unpaired) electrons. The number of aliphatic hydroxyl groups excluding tert-OH is 1. The van der Waals surface area contributed by atoms with E-state index in [1.165, 1.54) is 30.3 Å². The fourth-order valence-electron chi connectivity index (χ4n) is 5.01. The lowest BCUT2D eigenvalue weighted by atomic mass is 9.99. The maximum atomic E-state index is 13.6. The number of halogens is 3. The van der Waals surface area contributed by atoms with Gasteiger partial charge in [0.05, 0.1) is 19.3 Å².